The quantitative estimate of drug-likeness (QED) is 0.495. The van der Waals surface area contributed by atoms with Crippen molar-refractivity contribution < 1.29 is 4.74 Å². The lowest BCUT2D eigenvalue weighted by atomic mass is 10.1. The second-order valence-electron chi connectivity index (χ2n) is 8.39. The Labute approximate surface area is 208 Å². The largest absolute Gasteiger partial charge is 0.471 e. The van der Waals surface area contributed by atoms with Crippen molar-refractivity contribution in [3.8, 4) is 0 Å². The normalized spacial score (nSPS) is 20.4. The highest BCUT2D eigenvalue weighted by molar-refractivity contribution is 8.12. The van der Waals surface area contributed by atoms with Crippen molar-refractivity contribution in [1.29, 1.82) is 0 Å². The van der Waals surface area contributed by atoms with Gasteiger partial charge in [-0.2, -0.15) is 4.40 Å². The third-order valence-electron chi connectivity index (χ3n) is 4.85. The third-order valence-corrected chi connectivity index (χ3v) is 6.48. The summed E-state index contributed by atoms with van der Waals surface area (Å²) < 4.78 is 22.1. The SMILES string of the molecule is C=S1N=C(C(C)C)C(=NCc2ccccc2)N1.C=S1N=C(OCc2ccccc2)C(C(C)C)=N1. The van der Waals surface area contributed by atoms with E-state index >= 15 is 0 Å². The molecule has 4 rings (SSSR count). The molecule has 8 heteroatoms. The zero-order chi connectivity index (χ0) is 24.5. The molecule has 2 atom stereocenters. The van der Waals surface area contributed by atoms with E-state index in [2.05, 4.69) is 74.5 Å². The average Bonchev–Trinajstić information content (AvgIpc) is 3.40. The summed E-state index contributed by atoms with van der Waals surface area (Å²) in [5.74, 6) is 10.0. The van der Waals surface area contributed by atoms with E-state index in [4.69, 9.17) is 4.74 Å². The predicted octanol–water partition coefficient (Wildman–Crippen LogP) is 6.06. The number of hydrogen-bond donors (Lipinski definition) is 1. The number of hydrogen-bond acceptors (Lipinski definition) is 5. The standard InChI is InChI=1S/C13H17N3S.C13H16N2OS/c1-10(2)12-13(16-17(3)15-12)14-9-11-7-5-4-6-8-11;1-10(2)12-13(15-17(3)14-12)16-9-11-7-5-4-6-8-11/h4-8,10H,3,9H2,1-2H3,(H,14,16);4-8,10H,3,9H2,1-2H3. The van der Waals surface area contributed by atoms with Crippen molar-refractivity contribution in [3.63, 3.8) is 0 Å². The van der Waals surface area contributed by atoms with Gasteiger partial charge in [0, 0.05) is 33.5 Å². The van der Waals surface area contributed by atoms with Crippen LogP contribution >= 0.6 is 21.7 Å². The molecule has 0 bridgehead atoms. The van der Waals surface area contributed by atoms with Gasteiger partial charge in [-0.05, 0) is 22.9 Å². The topological polar surface area (TPSA) is 70.7 Å². The highest BCUT2D eigenvalue weighted by Gasteiger charge is 2.21. The Morgan fingerprint density at radius 3 is 2.00 bits per heavy atom. The number of aliphatic imine (C=N–C) groups is 1. The first-order chi connectivity index (χ1) is 16.3. The molecule has 0 fully saturated rings. The lowest BCUT2D eigenvalue weighted by molar-refractivity contribution is 0.299. The summed E-state index contributed by atoms with van der Waals surface area (Å²) in [6.45, 7) is 9.64. The molecule has 0 radical (unpaired) electrons. The van der Waals surface area contributed by atoms with Gasteiger partial charge in [0.25, 0.3) is 0 Å². The van der Waals surface area contributed by atoms with Crippen molar-refractivity contribution in [3.05, 3.63) is 71.8 Å². The van der Waals surface area contributed by atoms with Crippen LogP contribution in [-0.2, 0) is 17.9 Å². The first-order valence-corrected chi connectivity index (χ1v) is 13.9. The highest BCUT2D eigenvalue weighted by Crippen LogP contribution is 2.25. The van der Waals surface area contributed by atoms with Gasteiger partial charge in [-0.15, -0.1) is 0 Å². The minimum Gasteiger partial charge on any atom is -0.471 e. The Morgan fingerprint density at radius 2 is 1.41 bits per heavy atom. The molecule has 0 saturated heterocycles. The zero-order valence-corrected chi connectivity index (χ0v) is 21.9. The number of ether oxygens (including phenoxy) is 1. The molecule has 2 aromatic carbocycles. The zero-order valence-electron chi connectivity index (χ0n) is 20.3. The molecular weight excluding hydrogens is 462 g/mol. The van der Waals surface area contributed by atoms with Crippen molar-refractivity contribution in [1.82, 2.24) is 4.72 Å². The summed E-state index contributed by atoms with van der Waals surface area (Å²) >= 11 is 0. The van der Waals surface area contributed by atoms with Gasteiger partial charge in [0.1, 0.15) is 12.3 Å². The molecule has 2 heterocycles. The Bertz CT molecular complexity index is 1140. The maximum absolute atomic E-state index is 5.72. The van der Waals surface area contributed by atoms with Crippen LogP contribution in [0, 0.1) is 11.8 Å². The van der Waals surface area contributed by atoms with Crippen LogP contribution in [0.25, 0.3) is 0 Å². The Kier molecular flexibility index (Phi) is 9.53. The highest BCUT2D eigenvalue weighted by atomic mass is 32.2. The molecule has 0 spiro atoms. The summed E-state index contributed by atoms with van der Waals surface area (Å²) in [6, 6.07) is 20.3. The van der Waals surface area contributed by atoms with Crippen LogP contribution < -0.4 is 4.72 Å². The first kappa shape index (κ1) is 25.8. The van der Waals surface area contributed by atoms with Gasteiger partial charge < -0.3 is 9.46 Å². The van der Waals surface area contributed by atoms with Crippen LogP contribution in [0.1, 0.15) is 38.8 Å². The summed E-state index contributed by atoms with van der Waals surface area (Å²) in [7, 11) is -0.865. The van der Waals surface area contributed by atoms with Crippen LogP contribution in [0.5, 0.6) is 0 Å². The van der Waals surface area contributed by atoms with Crippen molar-refractivity contribution in [2.24, 2.45) is 30.0 Å². The van der Waals surface area contributed by atoms with E-state index in [0.29, 0.717) is 30.9 Å². The molecule has 6 nitrogen and oxygen atoms in total. The number of rotatable bonds is 6. The average molecular weight is 496 g/mol. The molecule has 0 aliphatic carbocycles. The van der Waals surface area contributed by atoms with E-state index in [9.17, 15) is 0 Å². The van der Waals surface area contributed by atoms with Crippen molar-refractivity contribution >= 4 is 56.6 Å². The van der Waals surface area contributed by atoms with Crippen molar-refractivity contribution in [2.45, 2.75) is 40.8 Å². The fourth-order valence-electron chi connectivity index (χ4n) is 3.09. The molecule has 180 valence electrons. The van der Waals surface area contributed by atoms with Crippen LogP contribution in [0.2, 0.25) is 0 Å². The molecule has 1 N–H and O–H groups in total. The van der Waals surface area contributed by atoms with E-state index in [-0.39, 0.29) is 10.9 Å². The van der Waals surface area contributed by atoms with Gasteiger partial charge in [0.05, 0.1) is 12.3 Å². The Morgan fingerprint density at radius 1 is 0.824 bits per heavy atom. The third kappa shape index (κ3) is 7.60. The van der Waals surface area contributed by atoms with Gasteiger partial charge >= 0.3 is 0 Å². The summed E-state index contributed by atoms with van der Waals surface area (Å²) in [5, 5.41) is 0. The number of amidine groups is 1. The molecule has 2 unspecified atom stereocenters. The number of nitrogens with zero attached hydrogens (tertiary/aromatic N) is 4. The molecule has 2 aromatic rings. The van der Waals surface area contributed by atoms with E-state index in [1.807, 2.05) is 48.5 Å². The lowest BCUT2D eigenvalue weighted by Crippen LogP contribution is -2.25. The van der Waals surface area contributed by atoms with Gasteiger partial charge in [-0.1, -0.05) is 88.4 Å². The van der Waals surface area contributed by atoms with E-state index < -0.39 is 10.9 Å². The fraction of sp³-hybridized carbons (Fsp3) is 0.308. The molecule has 0 aromatic heterocycles. The van der Waals surface area contributed by atoms with Crippen LogP contribution in [0.4, 0.5) is 0 Å². The van der Waals surface area contributed by atoms with Crippen LogP contribution in [0.15, 0.2) is 78.8 Å². The van der Waals surface area contributed by atoms with Crippen LogP contribution in [-0.4, -0.2) is 34.9 Å². The summed E-state index contributed by atoms with van der Waals surface area (Å²) in [6.07, 6.45) is 0. The number of benzene rings is 2. The maximum atomic E-state index is 5.72. The van der Waals surface area contributed by atoms with Gasteiger partial charge in [0.15, 0.2) is 5.84 Å². The number of nitrogens with one attached hydrogen (secondary N) is 1. The Balaban J connectivity index is 0.000000191. The lowest BCUT2D eigenvalue weighted by Gasteiger charge is -2.09. The van der Waals surface area contributed by atoms with E-state index in [1.165, 1.54) is 5.56 Å². The first-order valence-electron chi connectivity index (χ1n) is 11.2. The monoisotopic (exact) mass is 495 g/mol. The maximum Gasteiger partial charge on any atom is 0.245 e. The second kappa shape index (κ2) is 12.6. The molecule has 2 aliphatic heterocycles. The van der Waals surface area contributed by atoms with E-state index in [1.54, 1.807) is 0 Å². The van der Waals surface area contributed by atoms with E-state index in [0.717, 1.165) is 22.8 Å². The smallest absolute Gasteiger partial charge is 0.245 e. The predicted molar refractivity (Wildman–Crippen MR) is 153 cm³/mol. The second-order valence-corrected chi connectivity index (χ2v) is 10.6. The molecule has 0 saturated carbocycles. The molecule has 34 heavy (non-hydrogen) atoms. The molecule has 0 amide bonds. The Hall–Kier alpha value is -2.84. The summed E-state index contributed by atoms with van der Waals surface area (Å²) in [4.78, 5) is 4.59. The van der Waals surface area contributed by atoms with Gasteiger partial charge in [-0.3, -0.25) is 4.99 Å². The summed E-state index contributed by atoms with van der Waals surface area (Å²) in [5.41, 5.74) is 4.31. The molecule has 2 aliphatic rings. The minimum absolute atomic E-state index is 0.323. The van der Waals surface area contributed by atoms with Gasteiger partial charge in [0.2, 0.25) is 5.90 Å². The fourth-order valence-corrected chi connectivity index (χ4v) is 4.96. The van der Waals surface area contributed by atoms with Crippen LogP contribution in [0.3, 0.4) is 0 Å². The van der Waals surface area contributed by atoms with Gasteiger partial charge in [-0.25, -0.2) is 8.80 Å². The molecular formula is C26H33N5OS2. The van der Waals surface area contributed by atoms with Crippen molar-refractivity contribution in [2.75, 3.05) is 0 Å². The minimum atomic E-state index is -0.511.